The lowest BCUT2D eigenvalue weighted by molar-refractivity contribution is -0.617. The van der Waals surface area contributed by atoms with Crippen molar-refractivity contribution in [1.82, 2.24) is 9.55 Å². The van der Waals surface area contributed by atoms with Crippen LogP contribution in [0, 0.1) is 13.8 Å². The zero-order valence-corrected chi connectivity index (χ0v) is 12.8. The van der Waals surface area contributed by atoms with E-state index in [1.54, 1.807) is 0 Å². The lowest BCUT2D eigenvalue weighted by Crippen LogP contribution is -2.30. The van der Waals surface area contributed by atoms with Gasteiger partial charge >= 0.3 is 0 Å². The van der Waals surface area contributed by atoms with E-state index in [1.807, 2.05) is 0 Å². The van der Waals surface area contributed by atoms with Crippen LogP contribution in [0.15, 0.2) is 36.4 Å². The van der Waals surface area contributed by atoms with Gasteiger partial charge < -0.3 is 4.57 Å². The van der Waals surface area contributed by atoms with Gasteiger partial charge in [0.25, 0.3) is 5.52 Å². The number of rotatable bonds is 0. The van der Waals surface area contributed by atoms with Crippen LogP contribution in [0.25, 0.3) is 33.1 Å². The van der Waals surface area contributed by atoms with Crippen LogP contribution in [0.1, 0.15) is 11.1 Å². The first-order chi connectivity index (χ1) is 10.1. The molecule has 3 nitrogen and oxygen atoms in total. The number of fused-ring (bicyclic) bond motifs is 4. The van der Waals surface area contributed by atoms with Gasteiger partial charge in [-0.15, -0.1) is 0 Å². The number of para-hydroxylation sites is 1. The lowest BCUT2D eigenvalue weighted by Gasteiger charge is -2.03. The zero-order valence-electron chi connectivity index (χ0n) is 12.8. The normalized spacial score (nSPS) is 11.8. The molecule has 4 aromatic rings. The minimum Gasteiger partial charge on any atom is -0.323 e. The summed E-state index contributed by atoms with van der Waals surface area (Å²) in [7, 11) is 4.22. The third kappa shape index (κ3) is 1.54. The molecular weight excluding hydrogens is 258 g/mol. The van der Waals surface area contributed by atoms with E-state index < -0.39 is 0 Å². The summed E-state index contributed by atoms with van der Waals surface area (Å²) in [5, 5.41) is 1.25. The third-order valence-electron chi connectivity index (χ3n) is 4.56. The van der Waals surface area contributed by atoms with Gasteiger partial charge in [-0.25, -0.2) is 4.98 Å². The largest absolute Gasteiger partial charge is 0.323 e. The molecular formula is C18H18N3+. The highest BCUT2D eigenvalue weighted by atomic mass is 15.1. The summed E-state index contributed by atoms with van der Waals surface area (Å²) in [6.45, 7) is 4.30. The Hall–Kier alpha value is -2.42. The van der Waals surface area contributed by atoms with E-state index in [0.29, 0.717) is 0 Å². The van der Waals surface area contributed by atoms with Crippen LogP contribution < -0.4 is 4.57 Å². The molecule has 0 fully saturated rings. The fraction of sp³-hybridized carbons (Fsp3) is 0.222. The summed E-state index contributed by atoms with van der Waals surface area (Å²) in [5.41, 5.74) is 8.28. The number of nitrogens with zero attached hydrogens (tertiary/aromatic N) is 3. The quantitative estimate of drug-likeness (QED) is 0.451. The zero-order chi connectivity index (χ0) is 14.7. The maximum Gasteiger partial charge on any atom is 0.258 e. The maximum atomic E-state index is 4.92. The number of aromatic nitrogens is 3. The van der Waals surface area contributed by atoms with E-state index in [1.165, 1.54) is 33.1 Å². The van der Waals surface area contributed by atoms with Crippen molar-refractivity contribution >= 4 is 33.1 Å². The monoisotopic (exact) mass is 276 g/mol. The van der Waals surface area contributed by atoms with E-state index in [9.17, 15) is 0 Å². The Balaban J connectivity index is 2.32. The average molecular weight is 276 g/mol. The SMILES string of the molecule is Cc1cc2nc3c(c4ccccc4n3C)[n+](C)c2cc1C. The number of hydrogen-bond donors (Lipinski definition) is 0. The van der Waals surface area contributed by atoms with Crippen molar-refractivity contribution in [3.05, 3.63) is 47.5 Å². The topological polar surface area (TPSA) is 21.7 Å². The Morgan fingerprint density at radius 2 is 1.76 bits per heavy atom. The Bertz CT molecular complexity index is 1030. The minimum absolute atomic E-state index is 1.04. The summed E-state index contributed by atoms with van der Waals surface area (Å²) in [4.78, 5) is 4.92. The van der Waals surface area contributed by atoms with Gasteiger partial charge in [-0.3, -0.25) is 0 Å². The van der Waals surface area contributed by atoms with E-state index in [2.05, 4.69) is 73.5 Å². The van der Waals surface area contributed by atoms with Crippen LogP contribution in [-0.2, 0) is 14.1 Å². The maximum absolute atomic E-state index is 4.92. The molecule has 0 atom stereocenters. The number of benzene rings is 2. The van der Waals surface area contributed by atoms with Crippen LogP contribution in [0.2, 0.25) is 0 Å². The fourth-order valence-corrected chi connectivity index (χ4v) is 3.20. The first-order valence-corrected chi connectivity index (χ1v) is 7.22. The van der Waals surface area contributed by atoms with Gasteiger partial charge in [0.2, 0.25) is 11.2 Å². The molecule has 104 valence electrons. The summed E-state index contributed by atoms with van der Waals surface area (Å²) in [6.07, 6.45) is 0. The van der Waals surface area contributed by atoms with E-state index in [-0.39, 0.29) is 0 Å². The summed E-state index contributed by atoms with van der Waals surface area (Å²) in [6, 6.07) is 12.9. The molecule has 0 saturated heterocycles. The van der Waals surface area contributed by atoms with Crippen LogP contribution in [0.3, 0.4) is 0 Å². The molecule has 2 aromatic carbocycles. The second kappa shape index (κ2) is 4.04. The molecule has 0 bridgehead atoms. The van der Waals surface area contributed by atoms with Crippen molar-refractivity contribution in [2.24, 2.45) is 14.1 Å². The first-order valence-electron chi connectivity index (χ1n) is 7.22. The highest BCUT2D eigenvalue weighted by Crippen LogP contribution is 2.26. The van der Waals surface area contributed by atoms with Crippen molar-refractivity contribution in [2.45, 2.75) is 13.8 Å². The highest BCUT2D eigenvalue weighted by Gasteiger charge is 2.21. The first kappa shape index (κ1) is 12.3. The Kier molecular flexibility index (Phi) is 2.37. The average Bonchev–Trinajstić information content (AvgIpc) is 2.76. The standard InChI is InChI=1S/C18H18N3/c1-11-9-14-16(10-12(11)2)20(3)17-13-7-5-6-8-15(13)21(4)18(17)19-14/h5-10H,1-4H3/q+1. The molecule has 0 unspecified atom stereocenters. The van der Waals surface area contributed by atoms with Crippen molar-refractivity contribution in [3.8, 4) is 0 Å². The molecule has 21 heavy (non-hydrogen) atoms. The molecule has 0 aliphatic heterocycles. The van der Waals surface area contributed by atoms with Crippen molar-refractivity contribution in [3.63, 3.8) is 0 Å². The lowest BCUT2D eigenvalue weighted by atomic mass is 10.1. The van der Waals surface area contributed by atoms with E-state index in [4.69, 9.17) is 4.98 Å². The van der Waals surface area contributed by atoms with E-state index >= 15 is 0 Å². The van der Waals surface area contributed by atoms with Gasteiger partial charge in [-0.05, 0) is 43.2 Å². The smallest absolute Gasteiger partial charge is 0.258 e. The number of aryl methyl sites for hydroxylation is 4. The van der Waals surface area contributed by atoms with Gasteiger partial charge in [0.05, 0.1) is 10.9 Å². The van der Waals surface area contributed by atoms with Crippen molar-refractivity contribution < 1.29 is 4.57 Å². The fourth-order valence-electron chi connectivity index (χ4n) is 3.20. The molecule has 4 rings (SSSR count). The summed E-state index contributed by atoms with van der Waals surface area (Å²) < 4.78 is 4.45. The molecule has 0 aliphatic rings. The van der Waals surface area contributed by atoms with Gasteiger partial charge in [0, 0.05) is 13.1 Å². The molecule has 0 radical (unpaired) electrons. The van der Waals surface area contributed by atoms with Gasteiger partial charge in [-0.1, -0.05) is 12.1 Å². The Morgan fingerprint density at radius 1 is 1.05 bits per heavy atom. The summed E-state index contributed by atoms with van der Waals surface area (Å²) in [5.74, 6) is 0. The molecule has 2 heterocycles. The molecule has 3 heteroatoms. The second-order valence-electron chi connectivity index (χ2n) is 5.84. The van der Waals surface area contributed by atoms with Crippen LogP contribution >= 0.6 is 0 Å². The minimum atomic E-state index is 1.04. The molecule has 0 spiro atoms. The molecule has 0 saturated carbocycles. The van der Waals surface area contributed by atoms with Crippen LogP contribution in [-0.4, -0.2) is 9.55 Å². The van der Waals surface area contributed by atoms with Crippen LogP contribution in [0.5, 0.6) is 0 Å². The van der Waals surface area contributed by atoms with Crippen LogP contribution in [0.4, 0.5) is 0 Å². The molecule has 0 aliphatic carbocycles. The van der Waals surface area contributed by atoms with Gasteiger partial charge in [-0.2, -0.15) is 4.57 Å². The van der Waals surface area contributed by atoms with E-state index in [0.717, 1.165) is 11.2 Å². The van der Waals surface area contributed by atoms with Crippen molar-refractivity contribution in [1.29, 1.82) is 0 Å². The van der Waals surface area contributed by atoms with Crippen molar-refractivity contribution in [2.75, 3.05) is 0 Å². The Morgan fingerprint density at radius 3 is 2.57 bits per heavy atom. The Labute approximate surface area is 123 Å². The number of hydrogen-bond acceptors (Lipinski definition) is 1. The molecule has 0 N–H and O–H groups in total. The predicted octanol–water partition coefficient (Wildman–Crippen LogP) is 3.32. The summed E-state index contributed by atoms with van der Waals surface area (Å²) >= 11 is 0. The highest BCUT2D eigenvalue weighted by molar-refractivity contribution is 6.03. The molecule has 2 aromatic heterocycles. The van der Waals surface area contributed by atoms with Gasteiger partial charge in [0.15, 0.2) is 0 Å². The second-order valence-corrected chi connectivity index (χ2v) is 5.84. The molecule has 0 amide bonds. The predicted molar refractivity (Wildman–Crippen MR) is 86.4 cm³/mol. The van der Waals surface area contributed by atoms with Gasteiger partial charge in [0.1, 0.15) is 12.6 Å². The third-order valence-corrected chi connectivity index (χ3v) is 4.56.